The summed E-state index contributed by atoms with van der Waals surface area (Å²) < 4.78 is 26.6. The molecule has 2 aromatic rings. The van der Waals surface area contributed by atoms with Crippen molar-refractivity contribution in [1.82, 2.24) is 10.2 Å². The van der Waals surface area contributed by atoms with Gasteiger partial charge in [0.1, 0.15) is 12.6 Å². The van der Waals surface area contributed by atoms with Gasteiger partial charge < -0.3 is 10.2 Å². The molecule has 2 rings (SSSR count). The highest BCUT2D eigenvalue weighted by molar-refractivity contribution is 7.92. The SMILES string of the molecule is Cc1cccc(CN(C(=O)CN(c2cccc(C)c2C)S(C)(=O)=O)[C@@H](C)C(=O)NCC(C)C)c1. The summed E-state index contributed by atoms with van der Waals surface area (Å²) in [4.78, 5) is 27.9. The van der Waals surface area contributed by atoms with E-state index in [2.05, 4.69) is 5.32 Å². The Morgan fingerprint density at radius 2 is 1.65 bits per heavy atom. The molecule has 0 saturated heterocycles. The number of carbonyl (C=O) groups is 2. The van der Waals surface area contributed by atoms with Gasteiger partial charge in [-0.1, -0.05) is 55.8 Å². The van der Waals surface area contributed by atoms with Crippen molar-refractivity contribution >= 4 is 27.5 Å². The van der Waals surface area contributed by atoms with Crippen molar-refractivity contribution in [3.8, 4) is 0 Å². The summed E-state index contributed by atoms with van der Waals surface area (Å²) in [6.07, 6.45) is 1.09. The van der Waals surface area contributed by atoms with Crippen LogP contribution >= 0.6 is 0 Å². The minimum Gasteiger partial charge on any atom is -0.354 e. The molecule has 8 heteroatoms. The second-order valence-corrected chi connectivity index (χ2v) is 11.2. The lowest BCUT2D eigenvalue weighted by Gasteiger charge is -2.32. The van der Waals surface area contributed by atoms with Gasteiger partial charge in [0.25, 0.3) is 0 Å². The average Bonchev–Trinajstić information content (AvgIpc) is 2.75. The number of amides is 2. The van der Waals surface area contributed by atoms with Crippen LogP contribution in [0.5, 0.6) is 0 Å². The average molecular weight is 488 g/mol. The van der Waals surface area contributed by atoms with Crippen LogP contribution in [0.15, 0.2) is 42.5 Å². The predicted octanol–water partition coefficient (Wildman–Crippen LogP) is 3.57. The van der Waals surface area contributed by atoms with Crippen molar-refractivity contribution in [2.75, 3.05) is 23.7 Å². The molecule has 0 bridgehead atoms. The van der Waals surface area contributed by atoms with Crippen molar-refractivity contribution in [2.45, 2.75) is 54.1 Å². The molecule has 0 aliphatic heterocycles. The van der Waals surface area contributed by atoms with E-state index in [0.717, 1.165) is 32.8 Å². The Labute approximate surface area is 204 Å². The van der Waals surface area contributed by atoms with E-state index in [4.69, 9.17) is 0 Å². The highest BCUT2D eigenvalue weighted by Gasteiger charge is 2.30. The first-order valence-electron chi connectivity index (χ1n) is 11.5. The monoisotopic (exact) mass is 487 g/mol. The van der Waals surface area contributed by atoms with E-state index in [-0.39, 0.29) is 18.4 Å². The van der Waals surface area contributed by atoms with Crippen molar-refractivity contribution in [3.63, 3.8) is 0 Å². The third kappa shape index (κ3) is 7.32. The van der Waals surface area contributed by atoms with Crippen LogP contribution in [0.25, 0.3) is 0 Å². The van der Waals surface area contributed by atoms with Crippen LogP contribution in [0.3, 0.4) is 0 Å². The van der Waals surface area contributed by atoms with E-state index >= 15 is 0 Å². The predicted molar refractivity (Wildman–Crippen MR) is 137 cm³/mol. The number of benzene rings is 2. The summed E-state index contributed by atoms with van der Waals surface area (Å²) in [7, 11) is -3.75. The van der Waals surface area contributed by atoms with Gasteiger partial charge in [-0.05, 0) is 56.4 Å². The van der Waals surface area contributed by atoms with E-state index in [0.29, 0.717) is 12.2 Å². The molecule has 7 nitrogen and oxygen atoms in total. The fourth-order valence-corrected chi connectivity index (χ4v) is 4.54. The number of rotatable bonds is 10. The molecule has 0 heterocycles. The number of sulfonamides is 1. The molecule has 0 fully saturated rings. The summed E-state index contributed by atoms with van der Waals surface area (Å²) in [6.45, 7) is 11.6. The lowest BCUT2D eigenvalue weighted by Crippen LogP contribution is -2.51. The van der Waals surface area contributed by atoms with Crippen LogP contribution in [0.2, 0.25) is 0 Å². The number of carbonyl (C=O) groups excluding carboxylic acids is 2. The maximum atomic E-state index is 13.6. The molecule has 0 radical (unpaired) electrons. The highest BCUT2D eigenvalue weighted by Crippen LogP contribution is 2.25. The van der Waals surface area contributed by atoms with Crippen LogP contribution in [0, 0.1) is 26.7 Å². The van der Waals surface area contributed by atoms with Crippen molar-refractivity contribution in [1.29, 1.82) is 0 Å². The summed E-state index contributed by atoms with van der Waals surface area (Å²) in [5, 5.41) is 2.88. The lowest BCUT2D eigenvalue weighted by molar-refractivity contribution is -0.139. The Morgan fingerprint density at radius 3 is 2.24 bits per heavy atom. The number of nitrogens with one attached hydrogen (secondary N) is 1. The van der Waals surface area contributed by atoms with Crippen molar-refractivity contribution in [2.24, 2.45) is 5.92 Å². The minimum absolute atomic E-state index is 0.196. The molecule has 0 unspecified atom stereocenters. The van der Waals surface area contributed by atoms with Gasteiger partial charge in [0.2, 0.25) is 21.8 Å². The maximum absolute atomic E-state index is 13.6. The molecule has 2 aromatic carbocycles. The van der Waals surface area contributed by atoms with Gasteiger partial charge in [0.15, 0.2) is 0 Å². The third-order valence-electron chi connectivity index (χ3n) is 5.81. The quantitative estimate of drug-likeness (QED) is 0.555. The minimum atomic E-state index is -3.75. The molecule has 0 saturated carbocycles. The maximum Gasteiger partial charge on any atom is 0.244 e. The fourth-order valence-electron chi connectivity index (χ4n) is 3.64. The summed E-state index contributed by atoms with van der Waals surface area (Å²) >= 11 is 0. The first-order chi connectivity index (χ1) is 15.8. The van der Waals surface area contributed by atoms with Gasteiger partial charge in [-0.3, -0.25) is 13.9 Å². The molecule has 1 atom stereocenters. The Hall–Kier alpha value is -2.87. The van der Waals surface area contributed by atoms with Crippen molar-refractivity contribution in [3.05, 3.63) is 64.7 Å². The number of hydrogen-bond donors (Lipinski definition) is 1. The molecule has 0 aromatic heterocycles. The van der Waals surface area contributed by atoms with Crippen LogP contribution in [-0.4, -0.2) is 50.5 Å². The number of anilines is 1. The van der Waals surface area contributed by atoms with Gasteiger partial charge >= 0.3 is 0 Å². The van der Waals surface area contributed by atoms with Crippen LogP contribution in [0.4, 0.5) is 5.69 Å². The van der Waals surface area contributed by atoms with E-state index < -0.39 is 28.5 Å². The van der Waals surface area contributed by atoms with E-state index in [1.807, 2.05) is 65.0 Å². The molecule has 186 valence electrons. The standard InChI is InChI=1S/C26H37N3O4S/c1-18(2)15-27-26(31)22(6)28(16-23-12-8-10-19(3)14-23)25(30)17-29(34(7,32)33)24-13-9-11-20(4)21(24)5/h8-14,18,22H,15-17H2,1-7H3,(H,27,31)/t22-/m0/s1. The number of nitrogens with zero attached hydrogens (tertiary/aromatic N) is 2. The van der Waals surface area contributed by atoms with Crippen LogP contribution in [0.1, 0.15) is 43.0 Å². The Kier molecular flexibility index (Phi) is 9.27. The normalized spacial score (nSPS) is 12.4. The second kappa shape index (κ2) is 11.5. The van der Waals surface area contributed by atoms with E-state index in [1.54, 1.807) is 19.1 Å². The first-order valence-corrected chi connectivity index (χ1v) is 13.3. The van der Waals surface area contributed by atoms with Gasteiger partial charge in [-0.2, -0.15) is 0 Å². The van der Waals surface area contributed by atoms with Gasteiger partial charge in [-0.15, -0.1) is 0 Å². The third-order valence-corrected chi connectivity index (χ3v) is 6.94. The highest BCUT2D eigenvalue weighted by atomic mass is 32.2. The molecule has 0 aliphatic rings. The first kappa shape index (κ1) is 27.4. The molecule has 0 spiro atoms. The van der Waals surface area contributed by atoms with Crippen LogP contribution < -0.4 is 9.62 Å². The van der Waals surface area contributed by atoms with E-state index in [1.165, 1.54) is 4.90 Å². The zero-order valence-electron chi connectivity index (χ0n) is 21.3. The van der Waals surface area contributed by atoms with Gasteiger partial charge in [0, 0.05) is 13.1 Å². The number of aryl methyl sites for hydroxylation is 2. The molecule has 34 heavy (non-hydrogen) atoms. The number of hydrogen-bond acceptors (Lipinski definition) is 4. The molecular weight excluding hydrogens is 450 g/mol. The lowest BCUT2D eigenvalue weighted by atomic mass is 10.1. The topological polar surface area (TPSA) is 86.8 Å². The van der Waals surface area contributed by atoms with Crippen molar-refractivity contribution < 1.29 is 18.0 Å². The summed E-state index contributed by atoms with van der Waals surface area (Å²) in [6, 6.07) is 12.3. The largest absolute Gasteiger partial charge is 0.354 e. The molecule has 2 amide bonds. The second-order valence-electron chi connectivity index (χ2n) is 9.31. The van der Waals surface area contributed by atoms with E-state index in [9.17, 15) is 18.0 Å². The van der Waals surface area contributed by atoms with Gasteiger partial charge in [-0.25, -0.2) is 8.42 Å². The Bertz CT molecular complexity index is 1130. The molecule has 0 aliphatic carbocycles. The zero-order valence-corrected chi connectivity index (χ0v) is 22.1. The fraction of sp³-hybridized carbons (Fsp3) is 0.462. The smallest absolute Gasteiger partial charge is 0.244 e. The molecule has 1 N–H and O–H groups in total. The summed E-state index contributed by atoms with van der Waals surface area (Å²) in [5.74, 6) is -0.450. The Balaban J connectivity index is 2.41. The molecular formula is C26H37N3O4S. The van der Waals surface area contributed by atoms with Crippen LogP contribution in [-0.2, 0) is 26.2 Å². The Morgan fingerprint density at radius 1 is 1.00 bits per heavy atom. The summed E-state index contributed by atoms with van der Waals surface area (Å²) in [5.41, 5.74) is 4.08. The van der Waals surface area contributed by atoms with Gasteiger partial charge in [0.05, 0.1) is 11.9 Å². The zero-order chi connectivity index (χ0) is 25.6.